The van der Waals surface area contributed by atoms with Crippen molar-refractivity contribution in [2.75, 3.05) is 13.7 Å². The van der Waals surface area contributed by atoms with Crippen molar-refractivity contribution in [3.63, 3.8) is 0 Å². The van der Waals surface area contributed by atoms with Crippen LogP contribution in [0.25, 0.3) is 0 Å². The SMILES string of the molecule is C=CC(C)(C)OC[C@H](NC(=O)[C@@H](NC(=O)OCc1ccccc1)[C@@H](C)OC(C)(C)C=C)C(=O)OC. The van der Waals surface area contributed by atoms with Crippen LogP contribution in [-0.2, 0) is 35.1 Å². The van der Waals surface area contributed by atoms with Gasteiger partial charge in [0, 0.05) is 0 Å². The second-order valence-corrected chi connectivity index (χ2v) is 9.02. The normalized spacial score (nSPS) is 14.1. The number of methoxy groups -OCH3 is 1. The molecule has 1 rings (SSSR count). The van der Waals surface area contributed by atoms with Crippen LogP contribution in [0.2, 0.25) is 0 Å². The molecule has 0 spiro atoms. The first-order valence-electron chi connectivity index (χ1n) is 11.3. The number of benzene rings is 1. The molecule has 0 radical (unpaired) electrons. The third-order valence-corrected chi connectivity index (χ3v) is 5.13. The average Bonchev–Trinajstić information content (AvgIpc) is 2.83. The molecule has 0 saturated carbocycles. The molecule has 1 aromatic rings. The molecule has 0 saturated heterocycles. The van der Waals surface area contributed by atoms with E-state index in [1.807, 2.05) is 30.3 Å². The quantitative estimate of drug-likeness (QED) is 0.304. The van der Waals surface area contributed by atoms with E-state index in [4.69, 9.17) is 18.9 Å². The van der Waals surface area contributed by atoms with Crippen LogP contribution in [0.5, 0.6) is 0 Å². The number of alkyl carbamates (subject to hydrolysis) is 1. The number of rotatable bonds is 14. The zero-order valence-electron chi connectivity index (χ0n) is 21.5. The summed E-state index contributed by atoms with van der Waals surface area (Å²) >= 11 is 0. The summed E-state index contributed by atoms with van der Waals surface area (Å²) in [5, 5.41) is 5.12. The standard InChI is InChI=1S/C26H38N2O7/c1-9-25(4,5)34-17-20(23(30)32-8)27-22(29)21(18(3)35-26(6,7)10-2)28-24(31)33-16-19-14-12-11-13-15-19/h9-15,18,20-21H,1-2,16-17H2,3-8H3,(H,27,29)(H,28,31)/t18-,20+,21+/m1/s1. The van der Waals surface area contributed by atoms with Crippen molar-refractivity contribution in [3.8, 4) is 0 Å². The van der Waals surface area contributed by atoms with E-state index in [-0.39, 0.29) is 13.2 Å². The Morgan fingerprint density at radius 3 is 2.14 bits per heavy atom. The van der Waals surface area contributed by atoms with E-state index in [1.165, 1.54) is 7.11 Å². The topological polar surface area (TPSA) is 112 Å². The Labute approximate surface area is 207 Å². The first kappa shape index (κ1) is 29.9. The van der Waals surface area contributed by atoms with Crippen molar-refractivity contribution in [2.45, 2.75) is 70.6 Å². The zero-order chi connectivity index (χ0) is 26.6. The number of carbonyl (C=O) groups is 3. The molecule has 2 amide bonds. The molecular formula is C26H38N2O7. The van der Waals surface area contributed by atoms with Gasteiger partial charge in [0.15, 0.2) is 6.04 Å². The fraction of sp³-hybridized carbons (Fsp3) is 0.500. The first-order valence-corrected chi connectivity index (χ1v) is 11.3. The highest BCUT2D eigenvalue weighted by Gasteiger charge is 2.35. The van der Waals surface area contributed by atoms with Gasteiger partial charge in [-0.1, -0.05) is 42.5 Å². The molecule has 2 N–H and O–H groups in total. The molecular weight excluding hydrogens is 452 g/mol. The van der Waals surface area contributed by atoms with E-state index >= 15 is 0 Å². The number of hydrogen-bond acceptors (Lipinski definition) is 7. The lowest BCUT2D eigenvalue weighted by Gasteiger charge is -2.32. The Kier molecular flexibility index (Phi) is 11.6. The van der Waals surface area contributed by atoms with Crippen LogP contribution < -0.4 is 10.6 Å². The third kappa shape index (κ3) is 10.7. The van der Waals surface area contributed by atoms with Crippen molar-refractivity contribution in [1.82, 2.24) is 10.6 Å². The van der Waals surface area contributed by atoms with E-state index in [1.54, 1.807) is 46.8 Å². The predicted octanol–water partition coefficient (Wildman–Crippen LogP) is 3.29. The average molecular weight is 491 g/mol. The van der Waals surface area contributed by atoms with E-state index in [2.05, 4.69) is 23.8 Å². The number of hydrogen-bond donors (Lipinski definition) is 2. The van der Waals surface area contributed by atoms with Gasteiger partial charge in [0.25, 0.3) is 0 Å². The van der Waals surface area contributed by atoms with E-state index in [0.717, 1.165) is 5.56 Å². The molecule has 0 aliphatic rings. The number of ether oxygens (including phenoxy) is 4. The van der Waals surface area contributed by atoms with Gasteiger partial charge in [0.05, 0.1) is 31.0 Å². The summed E-state index contributed by atoms with van der Waals surface area (Å²) in [5.41, 5.74) is -0.736. The molecule has 194 valence electrons. The van der Waals surface area contributed by atoms with Crippen LogP contribution in [0.15, 0.2) is 55.6 Å². The van der Waals surface area contributed by atoms with Gasteiger partial charge in [-0.15, -0.1) is 13.2 Å². The highest BCUT2D eigenvalue weighted by Crippen LogP contribution is 2.16. The maximum absolute atomic E-state index is 13.2. The summed E-state index contributed by atoms with van der Waals surface area (Å²) in [6.45, 7) is 15.9. The van der Waals surface area contributed by atoms with Crippen molar-refractivity contribution >= 4 is 18.0 Å². The summed E-state index contributed by atoms with van der Waals surface area (Å²) in [7, 11) is 1.20. The molecule has 1 aromatic carbocycles. The first-order chi connectivity index (χ1) is 16.3. The molecule has 9 nitrogen and oxygen atoms in total. The highest BCUT2D eigenvalue weighted by atomic mass is 16.6. The molecule has 0 aromatic heterocycles. The molecule has 0 aliphatic carbocycles. The Balaban J connectivity index is 3.01. The molecule has 9 heteroatoms. The second kappa shape index (κ2) is 13.7. The lowest BCUT2D eigenvalue weighted by molar-refractivity contribution is -0.149. The van der Waals surface area contributed by atoms with Gasteiger partial charge in [-0.2, -0.15) is 0 Å². The molecule has 0 fully saturated rings. The third-order valence-electron chi connectivity index (χ3n) is 5.13. The van der Waals surface area contributed by atoms with Gasteiger partial charge < -0.3 is 29.6 Å². The van der Waals surface area contributed by atoms with Gasteiger partial charge in [0.1, 0.15) is 12.6 Å². The number of esters is 1. The van der Waals surface area contributed by atoms with Crippen LogP contribution in [0, 0.1) is 0 Å². The smallest absolute Gasteiger partial charge is 0.408 e. The summed E-state index contributed by atoms with van der Waals surface area (Å²) < 4.78 is 21.7. The Morgan fingerprint density at radius 2 is 1.60 bits per heavy atom. The summed E-state index contributed by atoms with van der Waals surface area (Å²) in [6, 6.07) is 6.78. The van der Waals surface area contributed by atoms with Crippen molar-refractivity contribution < 1.29 is 33.3 Å². The maximum atomic E-state index is 13.2. The molecule has 0 bridgehead atoms. The Morgan fingerprint density at radius 1 is 1.00 bits per heavy atom. The van der Waals surface area contributed by atoms with Crippen LogP contribution in [0.1, 0.15) is 40.2 Å². The minimum atomic E-state index is -1.20. The van der Waals surface area contributed by atoms with Crippen LogP contribution >= 0.6 is 0 Å². The van der Waals surface area contributed by atoms with Gasteiger partial charge in [0.2, 0.25) is 5.91 Å². The maximum Gasteiger partial charge on any atom is 0.408 e. The van der Waals surface area contributed by atoms with Crippen LogP contribution in [0.4, 0.5) is 4.79 Å². The van der Waals surface area contributed by atoms with Crippen molar-refractivity contribution in [3.05, 3.63) is 61.2 Å². The molecule has 0 aliphatic heterocycles. The van der Waals surface area contributed by atoms with Crippen molar-refractivity contribution in [1.29, 1.82) is 0 Å². The minimum Gasteiger partial charge on any atom is -0.467 e. The number of nitrogens with one attached hydrogen (secondary N) is 2. The monoisotopic (exact) mass is 490 g/mol. The lowest BCUT2D eigenvalue weighted by Crippen LogP contribution is -2.58. The molecule has 0 heterocycles. The van der Waals surface area contributed by atoms with Gasteiger partial charge in [-0.3, -0.25) is 4.79 Å². The second-order valence-electron chi connectivity index (χ2n) is 9.02. The minimum absolute atomic E-state index is 0.0175. The highest BCUT2D eigenvalue weighted by molar-refractivity contribution is 5.90. The van der Waals surface area contributed by atoms with Crippen LogP contribution in [0.3, 0.4) is 0 Å². The fourth-order valence-electron chi connectivity index (χ4n) is 2.81. The van der Waals surface area contributed by atoms with E-state index in [9.17, 15) is 14.4 Å². The number of carbonyl (C=O) groups excluding carboxylic acids is 3. The fourth-order valence-corrected chi connectivity index (χ4v) is 2.81. The zero-order valence-corrected chi connectivity index (χ0v) is 21.5. The molecule has 35 heavy (non-hydrogen) atoms. The summed E-state index contributed by atoms with van der Waals surface area (Å²) in [5.74, 6) is -1.38. The van der Waals surface area contributed by atoms with Gasteiger partial charge >= 0.3 is 12.1 Å². The lowest BCUT2D eigenvalue weighted by atomic mass is 10.1. The predicted molar refractivity (Wildman–Crippen MR) is 133 cm³/mol. The van der Waals surface area contributed by atoms with E-state index in [0.29, 0.717) is 0 Å². The van der Waals surface area contributed by atoms with Crippen LogP contribution in [-0.4, -0.2) is 61.1 Å². The van der Waals surface area contributed by atoms with E-state index < -0.39 is 47.4 Å². The summed E-state index contributed by atoms with van der Waals surface area (Å²) in [6.07, 6.45) is 1.52. The Hall–Kier alpha value is -3.17. The molecule has 0 unspecified atom stereocenters. The van der Waals surface area contributed by atoms with Crippen molar-refractivity contribution in [2.24, 2.45) is 0 Å². The largest absolute Gasteiger partial charge is 0.467 e. The van der Waals surface area contributed by atoms with Gasteiger partial charge in [-0.25, -0.2) is 9.59 Å². The van der Waals surface area contributed by atoms with Gasteiger partial charge in [-0.05, 0) is 40.2 Å². The molecule has 3 atom stereocenters. The summed E-state index contributed by atoms with van der Waals surface area (Å²) in [4.78, 5) is 38.1. The Bertz CT molecular complexity index is 868. The number of amides is 2.